The number of hydrogen-bond donors (Lipinski definition) is 2. The predicted molar refractivity (Wildman–Crippen MR) is 41.0 cm³/mol. The Morgan fingerprint density at radius 3 is 2.90 bits per heavy atom. The molecule has 0 saturated heterocycles. The molecule has 10 heavy (non-hydrogen) atoms. The maximum Gasteiger partial charge on any atom is 0.0743 e. The summed E-state index contributed by atoms with van der Waals surface area (Å²) in [6, 6.07) is 2.00. The molecule has 0 saturated carbocycles. The van der Waals surface area contributed by atoms with Crippen LogP contribution in [0.15, 0.2) is 12.3 Å². The third-order valence-corrected chi connectivity index (χ3v) is 1.05. The van der Waals surface area contributed by atoms with E-state index in [2.05, 4.69) is 11.9 Å². The highest BCUT2D eigenvalue weighted by Crippen LogP contribution is 1.88. The Hall–Kier alpha value is -1.01. The molecule has 3 heteroatoms. The van der Waals surface area contributed by atoms with Crippen molar-refractivity contribution in [3.05, 3.63) is 12.3 Å². The van der Waals surface area contributed by atoms with E-state index in [-0.39, 0.29) is 0 Å². The molecule has 0 atom stereocenters. The van der Waals surface area contributed by atoms with Gasteiger partial charge in [0.1, 0.15) is 0 Å². The van der Waals surface area contributed by atoms with Crippen LogP contribution in [-0.2, 0) is 0 Å². The number of rotatable bonds is 5. The van der Waals surface area contributed by atoms with Crippen molar-refractivity contribution < 1.29 is 0 Å². The van der Waals surface area contributed by atoms with Gasteiger partial charge in [-0.15, -0.1) is 0 Å². The van der Waals surface area contributed by atoms with Crippen LogP contribution >= 0.6 is 0 Å². The molecule has 0 aliphatic rings. The third kappa shape index (κ3) is 5.13. The molecule has 0 rings (SSSR count). The fraction of sp³-hybridized carbons (Fsp3) is 0.571. The molecule has 0 bridgehead atoms. The lowest BCUT2D eigenvalue weighted by Gasteiger charge is -2.03. The van der Waals surface area contributed by atoms with E-state index in [0.29, 0.717) is 13.0 Å². The van der Waals surface area contributed by atoms with Gasteiger partial charge in [0.05, 0.1) is 12.5 Å². The molecule has 0 aromatic rings. The Morgan fingerprint density at radius 1 is 1.70 bits per heavy atom. The average molecular weight is 139 g/mol. The van der Waals surface area contributed by atoms with Gasteiger partial charge < -0.3 is 11.1 Å². The molecular weight excluding hydrogens is 126 g/mol. The van der Waals surface area contributed by atoms with Crippen LogP contribution in [0.3, 0.4) is 0 Å². The highest BCUT2D eigenvalue weighted by Gasteiger charge is 1.88. The molecule has 0 radical (unpaired) electrons. The van der Waals surface area contributed by atoms with E-state index >= 15 is 0 Å². The Kier molecular flexibility index (Phi) is 5.50. The van der Waals surface area contributed by atoms with Crippen molar-refractivity contribution in [1.29, 1.82) is 5.26 Å². The van der Waals surface area contributed by atoms with Gasteiger partial charge in [0.2, 0.25) is 0 Å². The van der Waals surface area contributed by atoms with Crippen molar-refractivity contribution in [2.24, 2.45) is 5.73 Å². The monoisotopic (exact) mass is 139 g/mol. The van der Waals surface area contributed by atoms with Gasteiger partial charge in [-0.25, -0.2) is 0 Å². The van der Waals surface area contributed by atoms with Gasteiger partial charge in [-0.2, -0.15) is 5.26 Å². The van der Waals surface area contributed by atoms with Crippen molar-refractivity contribution in [1.82, 2.24) is 5.32 Å². The molecule has 3 N–H and O–H groups in total. The molecular formula is C7H13N3. The Morgan fingerprint density at radius 2 is 2.40 bits per heavy atom. The molecule has 0 fully saturated rings. The highest BCUT2D eigenvalue weighted by molar-refractivity contribution is 4.99. The van der Waals surface area contributed by atoms with Gasteiger partial charge in [-0.1, -0.05) is 6.58 Å². The van der Waals surface area contributed by atoms with E-state index in [0.717, 1.165) is 18.7 Å². The van der Waals surface area contributed by atoms with E-state index in [1.54, 1.807) is 0 Å². The molecule has 0 aromatic carbocycles. The normalized spacial score (nSPS) is 8.40. The van der Waals surface area contributed by atoms with Crippen LogP contribution in [0, 0.1) is 11.3 Å². The van der Waals surface area contributed by atoms with E-state index in [9.17, 15) is 0 Å². The second-order valence-corrected chi connectivity index (χ2v) is 2.01. The third-order valence-electron chi connectivity index (χ3n) is 1.05. The van der Waals surface area contributed by atoms with Crippen LogP contribution in [0.1, 0.15) is 12.8 Å². The second kappa shape index (κ2) is 6.12. The van der Waals surface area contributed by atoms with E-state index in [1.807, 2.05) is 6.07 Å². The standard InChI is InChI=1S/C7H13N3/c1-7(3-5-9)10-6-2-4-8/h10H,1-4,6,8H2. The van der Waals surface area contributed by atoms with Gasteiger partial charge in [-0.3, -0.25) is 0 Å². The summed E-state index contributed by atoms with van der Waals surface area (Å²) < 4.78 is 0. The minimum absolute atomic E-state index is 0.380. The molecule has 0 spiro atoms. The predicted octanol–water partition coefficient (Wildman–Crippen LogP) is 0.352. The van der Waals surface area contributed by atoms with Crippen LogP contribution in [0.2, 0.25) is 0 Å². The Bertz CT molecular complexity index is 134. The van der Waals surface area contributed by atoms with Gasteiger partial charge in [0.25, 0.3) is 0 Å². The number of nitrogens with one attached hydrogen (secondary N) is 1. The maximum atomic E-state index is 8.22. The highest BCUT2D eigenvalue weighted by atomic mass is 14.9. The summed E-state index contributed by atoms with van der Waals surface area (Å²) in [6.07, 6.45) is 1.30. The van der Waals surface area contributed by atoms with Crippen molar-refractivity contribution >= 4 is 0 Å². The van der Waals surface area contributed by atoms with Crippen LogP contribution in [0.4, 0.5) is 0 Å². The summed E-state index contributed by atoms with van der Waals surface area (Å²) >= 11 is 0. The lowest BCUT2D eigenvalue weighted by Crippen LogP contribution is -2.16. The van der Waals surface area contributed by atoms with E-state index < -0.39 is 0 Å². The fourth-order valence-electron chi connectivity index (χ4n) is 0.525. The summed E-state index contributed by atoms with van der Waals surface area (Å²) in [6.45, 7) is 5.13. The van der Waals surface area contributed by atoms with Crippen LogP contribution < -0.4 is 11.1 Å². The zero-order chi connectivity index (χ0) is 7.82. The number of hydrogen-bond acceptors (Lipinski definition) is 3. The summed E-state index contributed by atoms with van der Waals surface area (Å²) in [5.74, 6) is 0. The minimum Gasteiger partial charge on any atom is -0.388 e. The first kappa shape index (κ1) is 8.99. The van der Waals surface area contributed by atoms with Gasteiger partial charge in [0.15, 0.2) is 0 Å². The number of nitrogens with two attached hydrogens (primary N) is 1. The zero-order valence-electron chi connectivity index (χ0n) is 6.06. The fourth-order valence-corrected chi connectivity index (χ4v) is 0.525. The van der Waals surface area contributed by atoms with Gasteiger partial charge in [-0.05, 0) is 13.0 Å². The van der Waals surface area contributed by atoms with Crippen molar-refractivity contribution in [3.63, 3.8) is 0 Å². The summed E-state index contributed by atoms with van der Waals surface area (Å²) in [4.78, 5) is 0. The molecule has 0 amide bonds. The van der Waals surface area contributed by atoms with Crippen LogP contribution in [-0.4, -0.2) is 13.1 Å². The lowest BCUT2D eigenvalue weighted by atomic mass is 10.3. The molecule has 0 aromatic heterocycles. The second-order valence-electron chi connectivity index (χ2n) is 2.01. The largest absolute Gasteiger partial charge is 0.388 e. The topological polar surface area (TPSA) is 61.8 Å². The number of allylic oxidation sites excluding steroid dienone is 1. The molecule has 56 valence electrons. The smallest absolute Gasteiger partial charge is 0.0743 e. The molecule has 0 aliphatic heterocycles. The van der Waals surface area contributed by atoms with Crippen LogP contribution in [0.5, 0.6) is 0 Å². The Balaban J connectivity index is 3.15. The first-order valence-corrected chi connectivity index (χ1v) is 3.30. The summed E-state index contributed by atoms with van der Waals surface area (Å²) in [5, 5.41) is 11.2. The molecule has 0 aliphatic carbocycles. The van der Waals surface area contributed by atoms with Crippen LogP contribution in [0.25, 0.3) is 0 Å². The summed E-state index contributed by atoms with van der Waals surface area (Å²) in [5.41, 5.74) is 6.03. The van der Waals surface area contributed by atoms with E-state index in [4.69, 9.17) is 11.0 Å². The van der Waals surface area contributed by atoms with Crippen molar-refractivity contribution in [2.45, 2.75) is 12.8 Å². The first-order chi connectivity index (χ1) is 4.81. The molecule has 0 heterocycles. The summed E-state index contributed by atoms with van der Waals surface area (Å²) in [7, 11) is 0. The van der Waals surface area contributed by atoms with Gasteiger partial charge >= 0.3 is 0 Å². The lowest BCUT2D eigenvalue weighted by molar-refractivity contribution is 0.725. The van der Waals surface area contributed by atoms with E-state index in [1.165, 1.54) is 0 Å². The Labute approximate surface area is 61.5 Å². The first-order valence-electron chi connectivity index (χ1n) is 3.30. The maximum absolute atomic E-state index is 8.22. The van der Waals surface area contributed by atoms with Crippen molar-refractivity contribution in [2.75, 3.05) is 13.1 Å². The molecule has 0 unspecified atom stereocenters. The van der Waals surface area contributed by atoms with Gasteiger partial charge in [0, 0.05) is 12.2 Å². The average Bonchev–Trinajstić information content (AvgIpc) is 1.89. The minimum atomic E-state index is 0.380. The number of nitriles is 1. The molecule has 3 nitrogen and oxygen atoms in total. The number of nitrogens with zero attached hydrogens (tertiary/aromatic N) is 1. The zero-order valence-corrected chi connectivity index (χ0v) is 6.06. The quantitative estimate of drug-likeness (QED) is 0.540. The SMILES string of the molecule is C=C(CC#N)NCCCN. The van der Waals surface area contributed by atoms with Crippen molar-refractivity contribution in [3.8, 4) is 6.07 Å².